The fraction of sp³-hybridized carbons (Fsp3) is 0.583. The number of piperidine rings is 1. The number of nitrogens with zero attached hydrogens (tertiary/aromatic N) is 3. The van der Waals surface area contributed by atoms with Gasteiger partial charge in [0.1, 0.15) is 11.6 Å². The van der Waals surface area contributed by atoms with Crippen LogP contribution in [0.1, 0.15) is 25.6 Å². The lowest BCUT2D eigenvalue weighted by Crippen LogP contribution is -2.35. The van der Waals surface area contributed by atoms with Crippen LogP contribution in [0.15, 0.2) is 18.5 Å². The number of carbonyl (C=O) groups is 1. The zero-order valence-electron chi connectivity index (χ0n) is 9.59. The Labute approximate surface area is 95.7 Å². The van der Waals surface area contributed by atoms with Crippen molar-refractivity contribution in [3.05, 3.63) is 24.3 Å². The molecule has 0 N–H and O–H groups in total. The first kappa shape index (κ1) is 11.2. The monoisotopic (exact) mass is 219 g/mol. The van der Waals surface area contributed by atoms with Crippen LogP contribution in [-0.2, 0) is 11.3 Å². The summed E-state index contributed by atoms with van der Waals surface area (Å²) in [4.78, 5) is 21.9. The lowest BCUT2D eigenvalue weighted by Gasteiger charge is -2.30. The maximum Gasteiger partial charge on any atom is 0.142 e. The molecule has 1 aromatic heterocycles. The van der Waals surface area contributed by atoms with Crippen LogP contribution in [-0.4, -0.2) is 33.7 Å². The normalized spacial score (nSPS) is 18.6. The number of hydrogen-bond acceptors (Lipinski definition) is 4. The standard InChI is InChI=1S/C12H17N3O/c1-10(16)11-3-7-15(8-4-11)9-12-13-5-2-6-14-12/h2,5-6,11H,3-4,7-9H2,1H3. The van der Waals surface area contributed by atoms with Crippen LogP contribution in [0, 0.1) is 5.92 Å². The zero-order valence-corrected chi connectivity index (χ0v) is 9.59. The van der Waals surface area contributed by atoms with Crippen LogP contribution in [0.4, 0.5) is 0 Å². The summed E-state index contributed by atoms with van der Waals surface area (Å²) in [5.41, 5.74) is 0. The van der Waals surface area contributed by atoms with E-state index in [0.717, 1.165) is 38.3 Å². The van der Waals surface area contributed by atoms with Crippen LogP contribution in [0.3, 0.4) is 0 Å². The molecule has 0 atom stereocenters. The summed E-state index contributed by atoms with van der Waals surface area (Å²) >= 11 is 0. The largest absolute Gasteiger partial charge is 0.300 e. The summed E-state index contributed by atoms with van der Waals surface area (Å²) in [7, 11) is 0. The van der Waals surface area contributed by atoms with Crippen LogP contribution in [0.5, 0.6) is 0 Å². The van der Waals surface area contributed by atoms with Gasteiger partial charge < -0.3 is 0 Å². The predicted octanol–water partition coefficient (Wildman–Crippen LogP) is 1.28. The second kappa shape index (κ2) is 5.16. The highest BCUT2D eigenvalue weighted by atomic mass is 16.1. The van der Waals surface area contributed by atoms with Crippen molar-refractivity contribution < 1.29 is 4.79 Å². The van der Waals surface area contributed by atoms with E-state index in [-0.39, 0.29) is 5.92 Å². The van der Waals surface area contributed by atoms with Gasteiger partial charge in [-0.1, -0.05) is 0 Å². The minimum absolute atomic E-state index is 0.271. The molecule has 4 heteroatoms. The van der Waals surface area contributed by atoms with E-state index in [2.05, 4.69) is 14.9 Å². The van der Waals surface area contributed by atoms with Gasteiger partial charge in [0.25, 0.3) is 0 Å². The first-order valence-corrected chi connectivity index (χ1v) is 5.74. The molecule has 16 heavy (non-hydrogen) atoms. The Hall–Kier alpha value is -1.29. The molecule has 1 fully saturated rings. The highest BCUT2D eigenvalue weighted by molar-refractivity contribution is 5.78. The number of carbonyl (C=O) groups excluding carboxylic acids is 1. The lowest BCUT2D eigenvalue weighted by atomic mass is 9.93. The van der Waals surface area contributed by atoms with Gasteiger partial charge >= 0.3 is 0 Å². The van der Waals surface area contributed by atoms with E-state index in [1.54, 1.807) is 19.3 Å². The molecule has 1 aliphatic heterocycles. The molecule has 0 aromatic carbocycles. The maximum absolute atomic E-state index is 11.2. The van der Waals surface area contributed by atoms with Crippen molar-refractivity contribution >= 4 is 5.78 Å². The molecule has 0 unspecified atom stereocenters. The average Bonchev–Trinajstić information content (AvgIpc) is 2.31. The third-order valence-electron chi connectivity index (χ3n) is 3.15. The molecule has 4 nitrogen and oxygen atoms in total. The van der Waals surface area contributed by atoms with E-state index in [4.69, 9.17) is 0 Å². The maximum atomic E-state index is 11.2. The minimum Gasteiger partial charge on any atom is -0.300 e. The fourth-order valence-corrected chi connectivity index (χ4v) is 2.11. The van der Waals surface area contributed by atoms with E-state index in [0.29, 0.717) is 5.78 Å². The summed E-state index contributed by atoms with van der Waals surface area (Å²) < 4.78 is 0. The Balaban J connectivity index is 1.84. The second-order valence-corrected chi connectivity index (χ2v) is 4.33. The van der Waals surface area contributed by atoms with Crippen molar-refractivity contribution in [3.8, 4) is 0 Å². The molecule has 1 aliphatic rings. The molecule has 0 aliphatic carbocycles. The Kier molecular flexibility index (Phi) is 3.62. The summed E-state index contributed by atoms with van der Waals surface area (Å²) in [5, 5.41) is 0. The second-order valence-electron chi connectivity index (χ2n) is 4.33. The molecule has 0 saturated carbocycles. The van der Waals surface area contributed by atoms with E-state index in [1.807, 2.05) is 6.07 Å². The number of aromatic nitrogens is 2. The Bertz CT molecular complexity index is 345. The summed E-state index contributed by atoms with van der Waals surface area (Å²) in [6, 6.07) is 1.82. The molecule has 0 radical (unpaired) electrons. The lowest BCUT2D eigenvalue weighted by molar-refractivity contribution is -0.122. The van der Waals surface area contributed by atoms with Gasteiger partial charge in [0, 0.05) is 18.3 Å². The number of likely N-dealkylation sites (tertiary alicyclic amines) is 1. The molecular weight excluding hydrogens is 202 g/mol. The van der Waals surface area contributed by atoms with Crippen molar-refractivity contribution in [2.24, 2.45) is 5.92 Å². The van der Waals surface area contributed by atoms with Gasteiger partial charge in [-0.2, -0.15) is 0 Å². The van der Waals surface area contributed by atoms with Crippen LogP contribution in [0.2, 0.25) is 0 Å². The van der Waals surface area contributed by atoms with Crippen molar-refractivity contribution in [2.75, 3.05) is 13.1 Å². The topological polar surface area (TPSA) is 46.1 Å². The van der Waals surface area contributed by atoms with E-state index >= 15 is 0 Å². The Morgan fingerprint density at radius 1 is 1.38 bits per heavy atom. The first-order chi connectivity index (χ1) is 7.75. The van der Waals surface area contributed by atoms with Crippen LogP contribution < -0.4 is 0 Å². The Morgan fingerprint density at radius 3 is 2.56 bits per heavy atom. The van der Waals surface area contributed by atoms with Crippen molar-refractivity contribution in [2.45, 2.75) is 26.3 Å². The van der Waals surface area contributed by atoms with Gasteiger partial charge in [-0.05, 0) is 38.9 Å². The van der Waals surface area contributed by atoms with Gasteiger partial charge in [-0.3, -0.25) is 9.69 Å². The highest BCUT2D eigenvalue weighted by Crippen LogP contribution is 2.18. The zero-order chi connectivity index (χ0) is 11.4. The molecule has 0 amide bonds. The van der Waals surface area contributed by atoms with Crippen molar-refractivity contribution in [1.82, 2.24) is 14.9 Å². The van der Waals surface area contributed by atoms with Crippen molar-refractivity contribution in [1.29, 1.82) is 0 Å². The van der Waals surface area contributed by atoms with Gasteiger partial charge in [0.15, 0.2) is 0 Å². The van der Waals surface area contributed by atoms with Gasteiger partial charge in [-0.25, -0.2) is 9.97 Å². The van der Waals surface area contributed by atoms with Gasteiger partial charge in [-0.15, -0.1) is 0 Å². The quantitative estimate of drug-likeness (QED) is 0.768. The third kappa shape index (κ3) is 2.85. The summed E-state index contributed by atoms with van der Waals surface area (Å²) in [5.74, 6) is 1.47. The Morgan fingerprint density at radius 2 is 2.00 bits per heavy atom. The first-order valence-electron chi connectivity index (χ1n) is 5.74. The van der Waals surface area contributed by atoms with Crippen LogP contribution >= 0.6 is 0 Å². The molecule has 1 aromatic rings. The number of ketones is 1. The van der Waals surface area contributed by atoms with Gasteiger partial charge in [0.05, 0.1) is 6.54 Å². The summed E-state index contributed by atoms with van der Waals surface area (Å²) in [6.45, 7) is 4.44. The number of rotatable bonds is 3. The molecule has 0 spiro atoms. The van der Waals surface area contributed by atoms with Crippen LogP contribution in [0.25, 0.3) is 0 Å². The number of hydrogen-bond donors (Lipinski definition) is 0. The minimum atomic E-state index is 0.271. The van der Waals surface area contributed by atoms with Gasteiger partial charge in [0.2, 0.25) is 0 Å². The fourth-order valence-electron chi connectivity index (χ4n) is 2.11. The molecular formula is C12H17N3O. The smallest absolute Gasteiger partial charge is 0.142 e. The average molecular weight is 219 g/mol. The summed E-state index contributed by atoms with van der Waals surface area (Å²) in [6.07, 6.45) is 5.49. The van der Waals surface area contributed by atoms with E-state index in [1.165, 1.54) is 0 Å². The third-order valence-corrected chi connectivity index (χ3v) is 3.15. The number of Topliss-reactive ketones (excluding diaryl/α,β-unsaturated/α-hetero) is 1. The highest BCUT2D eigenvalue weighted by Gasteiger charge is 2.22. The molecule has 1 saturated heterocycles. The van der Waals surface area contributed by atoms with E-state index < -0.39 is 0 Å². The van der Waals surface area contributed by atoms with Crippen molar-refractivity contribution in [3.63, 3.8) is 0 Å². The molecule has 2 heterocycles. The predicted molar refractivity (Wildman–Crippen MR) is 60.7 cm³/mol. The SMILES string of the molecule is CC(=O)C1CCN(Cc2ncccn2)CC1. The molecule has 86 valence electrons. The van der Waals surface area contributed by atoms with E-state index in [9.17, 15) is 4.79 Å². The molecule has 2 rings (SSSR count). The molecule has 0 bridgehead atoms.